The lowest BCUT2D eigenvalue weighted by Gasteiger charge is -2.17. The second kappa shape index (κ2) is 3.81. The van der Waals surface area contributed by atoms with Gasteiger partial charge in [-0.1, -0.05) is 0 Å². The van der Waals surface area contributed by atoms with Gasteiger partial charge in [-0.3, -0.25) is 0 Å². The van der Waals surface area contributed by atoms with E-state index < -0.39 is 0 Å². The molecule has 6 heteroatoms. The molecule has 0 spiro atoms. The average molecular weight is 232 g/mol. The fourth-order valence-electron chi connectivity index (χ4n) is 1.84. The van der Waals surface area contributed by atoms with Crippen LogP contribution in [0.15, 0.2) is 10.7 Å². The van der Waals surface area contributed by atoms with E-state index in [1.165, 1.54) is 6.26 Å². The van der Waals surface area contributed by atoms with Crippen molar-refractivity contribution in [2.45, 2.75) is 20.0 Å². The zero-order chi connectivity index (χ0) is 11.8. The summed E-state index contributed by atoms with van der Waals surface area (Å²) in [4.78, 5) is 12.9. The number of anilines is 1. The molecule has 0 amide bonds. The first kappa shape index (κ1) is 10.2. The van der Waals surface area contributed by atoms with Gasteiger partial charge in [-0.2, -0.15) is 0 Å². The Hall–Kier alpha value is -1.95. The number of hydrogen-bond acceptors (Lipinski definition) is 6. The van der Waals surface area contributed by atoms with Crippen LogP contribution in [-0.2, 0) is 17.8 Å². The molecular weight excluding hydrogens is 220 g/mol. The first-order valence-electron chi connectivity index (χ1n) is 5.39. The molecule has 0 saturated heterocycles. The Balaban J connectivity index is 2.10. The van der Waals surface area contributed by atoms with E-state index in [1.54, 1.807) is 6.92 Å². The van der Waals surface area contributed by atoms with Gasteiger partial charge in [-0.15, -0.1) is 0 Å². The molecule has 0 saturated carbocycles. The molecule has 0 radical (unpaired) electrons. The fourth-order valence-corrected chi connectivity index (χ4v) is 1.84. The van der Waals surface area contributed by atoms with Crippen LogP contribution in [0.3, 0.4) is 0 Å². The summed E-state index contributed by atoms with van der Waals surface area (Å²) in [6.07, 6.45) is 2.29. The highest BCUT2D eigenvalue weighted by atomic mass is 16.5. The quantitative estimate of drug-likeness (QED) is 0.792. The molecule has 0 aromatic carbocycles. The fraction of sp³-hybridized carbons (Fsp3) is 0.364. The minimum absolute atomic E-state index is 0.463. The second-order valence-corrected chi connectivity index (χ2v) is 3.91. The van der Waals surface area contributed by atoms with E-state index in [0.717, 1.165) is 17.7 Å². The standard InChI is InChI=1S/C11H12N4O2/c1-6-13-9(5-17-6)11-14-8-2-3-16-4-7(8)10(12)15-11/h5H,2-4H2,1H3,(H2,12,14,15). The maximum atomic E-state index is 5.90. The number of rotatable bonds is 1. The largest absolute Gasteiger partial charge is 0.449 e. The van der Waals surface area contributed by atoms with Crippen LogP contribution in [0.4, 0.5) is 5.82 Å². The van der Waals surface area contributed by atoms with Crippen molar-refractivity contribution in [2.24, 2.45) is 0 Å². The van der Waals surface area contributed by atoms with Crippen molar-refractivity contribution in [1.82, 2.24) is 15.0 Å². The number of aromatic nitrogens is 3. The Kier molecular flexibility index (Phi) is 2.29. The molecule has 88 valence electrons. The molecular formula is C11H12N4O2. The van der Waals surface area contributed by atoms with Crippen LogP contribution in [0.25, 0.3) is 11.5 Å². The molecule has 2 aromatic rings. The number of oxazole rings is 1. The molecule has 2 aromatic heterocycles. The predicted octanol–water partition coefficient (Wildman–Crippen LogP) is 1.09. The van der Waals surface area contributed by atoms with Crippen LogP contribution in [0.5, 0.6) is 0 Å². The first-order chi connectivity index (χ1) is 8.24. The lowest BCUT2D eigenvalue weighted by Crippen LogP contribution is -2.16. The molecule has 6 nitrogen and oxygen atoms in total. The average Bonchev–Trinajstić information content (AvgIpc) is 2.76. The highest BCUT2D eigenvalue weighted by molar-refractivity contribution is 5.54. The van der Waals surface area contributed by atoms with E-state index in [-0.39, 0.29) is 0 Å². The molecule has 0 atom stereocenters. The van der Waals surface area contributed by atoms with E-state index >= 15 is 0 Å². The second-order valence-electron chi connectivity index (χ2n) is 3.91. The van der Waals surface area contributed by atoms with Gasteiger partial charge in [-0.05, 0) is 0 Å². The van der Waals surface area contributed by atoms with Gasteiger partial charge in [0, 0.05) is 18.9 Å². The highest BCUT2D eigenvalue weighted by Crippen LogP contribution is 2.23. The van der Waals surface area contributed by atoms with E-state index in [4.69, 9.17) is 14.9 Å². The number of nitrogens with two attached hydrogens (primary N) is 1. The zero-order valence-corrected chi connectivity index (χ0v) is 9.43. The topological polar surface area (TPSA) is 87.1 Å². The van der Waals surface area contributed by atoms with Gasteiger partial charge < -0.3 is 14.9 Å². The van der Waals surface area contributed by atoms with Gasteiger partial charge in [-0.25, -0.2) is 15.0 Å². The Morgan fingerprint density at radius 2 is 2.18 bits per heavy atom. The minimum Gasteiger partial charge on any atom is -0.449 e. The van der Waals surface area contributed by atoms with Crippen molar-refractivity contribution in [3.8, 4) is 11.5 Å². The van der Waals surface area contributed by atoms with E-state index in [0.29, 0.717) is 36.4 Å². The number of hydrogen-bond donors (Lipinski definition) is 1. The third-order valence-corrected chi connectivity index (χ3v) is 2.70. The lowest BCUT2D eigenvalue weighted by atomic mass is 10.1. The number of nitrogen functional groups attached to an aromatic ring is 1. The van der Waals surface area contributed by atoms with Crippen molar-refractivity contribution in [3.05, 3.63) is 23.4 Å². The summed E-state index contributed by atoms with van der Waals surface area (Å²) in [6.45, 7) is 2.93. The van der Waals surface area contributed by atoms with E-state index in [9.17, 15) is 0 Å². The molecule has 2 N–H and O–H groups in total. The lowest BCUT2D eigenvalue weighted by molar-refractivity contribution is 0.109. The van der Waals surface area contributed by atoms with Crippen LogP contribution in [0.2, 0.25) is 0 Å². The van der Waals surface area contributed by atoms with Crippen LogP contribution in [0, 0.1) is 6.92 Å². The molecule has 0 aliphatic carbocycles. The molecule has 17 heavy (non-hydrogen) atoms. The Morgan fingerprint density at radius 1 is 1.29 bits per heavy atom. The molecule has 0 fully saturated rings. The molecule has 1 aliphatic heterocycles. The first-order valence-corrected chi connectivity index (χ1v) is 5.39. The molecule has 0 bridgehead atoms. The van der Waals surface area contributed by atoms with Gasteiger partial charge in [0.25, 0.3) is 0 Å². The van der Waals surface area contributed by atoms with Gasteiger partial charge >= 0.3 is 0 Å². The van der Waals surface area contributed by atoms with E-state index in [1.807, 2.05) is 0 Å². The monoisotopic (exact) mass is 232 g/mol. The Morgan fingerprint density at radius 3 is 2.94 bits per heavy atom. The summed E-state index contributed by atoms with van der Waals surface area (Å²) in [6, 6.07) is 0. The molecule has 1 aliphatic rings. The third-order valence-electron chi connectivity index (χ3n) is 2.70. The van der Waals surface area contributed by atoms with Gasteiger partial charge in [0.05, 0.1) is 18.9 Å². The summed E-state index contributed by atoms with van der Waals surface area (Å²) in [5, 5.41) is 0. The third kappa shape index (κ3) is 1.76. The maximum absolute atomic E-state index is 5.90. The molecule has 0 unspecified atom stereocenters. The van der Waals surface area contributed by atoms with Crippen molar-refractivity contribution in [3.63, 3.8) is 0 Å². The van der Waals surface area contributed by atoms with Gasteiger partial charge in [0.1, 0.15) is 17.8 Å². The number of nitrogens with zero attached hydrogens (tertiary/aromatic N) is 3. The Labute approximate surface area is 97.8 Å². The number of fused-ring (bicyclic) bond motifs is 1. The van der Waals surface area contributed by atoms with Crippen LogP contribution >= 0.6 is 0 Å². The summed E-state index contributed by atoms with van der Waals surface area (Å²) in [5.74, 6) is 1.56. The van der Waals surface area contributed by atoms with Crippen molar-refractivity contribution >= 4 is 5.82 Å². The maximum Gasteiger partial charge on any atom is 0.191 e. The van der Waals surface area contributed by atoms with Crippen LogP contribution < -0.4 is 5.73 Å². The summed E-state index contributed by atoms with van der Waals surface area (Å²) < 4.78 is 10.5. The Bertz CT molecular complexity index is 565. The van der Waals surface area contributed by atoms with Gasteiger partial charge in [0.15, 0.2) is 11.7 Å². The normalized spacial score (nSPS) is 14.6. The zero-order valence-electron chi connectivity index (χ0n) is 9.43. The highest BCUT2D eigenvalue weighted by Gasteiger charge is 2.18. The molecule has 3 heterocycles. The summed E-state index contributed by atoms with van der Waals surface area (Å²) >= 11 is 0. The molecule has 3 rings (SSSR count). The van der Waals surface area contributed by atoms with Crippen LogP contribution in [-0.4, -0.2) is 21.6 Å². The van der Waals surface area contributed by atoms with Crippen molar-refractivity contribution in [2.75, 3.05) is 12.3 Å². The minimum atomic E-state index is 0.463. The smallest absolute Gasteiger partial charge is 0.191 e. The van der Waals surface area contributed by atoms with Crippen molar-refractivity contribution < 1.29 is 9.15 Å². The van der Waals surface area contributed by atoms with E-state index in [2.05, 4.69) is 15.0 Å². The van der Waals surface area contributed by atoms with Crippen LogP contribution in [0.1, 0.15) is 17.1 Å². The number of aryl methyl sites for hydroxylation is 1. The SMILES string of the molecule is Cc1nc(-c2nc(N)c3c(n2)CCOC3)co1. The van der Waals surface area contributed by atoms with Crippen molar-refractivity contribution in [1.29, 1.82) is 0 Å². The summed E-state index contributed by atoms with van der Waals surface area (Å²) in [5.41, 5.74) is 8.34. The van der Waals surface area contributed by atoms with Gasteiger partial charge in [0.2, 0.25) is 0 Å². The summed E-state index contributed by atoms with van der Waals surface area (Å²) in [7, 11) is 0. The predicted molar refractivity (Wildman–Crippen MR) is 60.0 cm³/mol. The number of ether oxygens (including phenoxy) is 1.